The first-order chi connectivity index (χ1) is 9.83. The number of hydrogen-bond donors (Lipinski definition) is 0. The van der Waals surface area contributed by atoms with E-state index in [1.807, 2.05) is 0 Å². The molecule has 112 valence electrons. The summed E-state index contributed by atoms with van der Waals surface area (Å²) in [5, 5.41) is 0.496. The molecule has 0 spiro atoms. The van der Waals surface area contributed by atoms with Crippen molar-refractivity contribution >= 4 is 21.7 Å². The zero-order chi connectivity index (χ0) is 15.6. The third-order valence-electron chi connectivity index (χ3n) is 2.75. The molecule has 0 amide bonds. The number of ether oxygens (including phenoxy) is 1. The van der Waals surface area contributed by atoms with Crippen LogP contribution in [-0.2, 0) is 10.1 Å². The minimum Gasteiger partial charge on any atom is -0.494 e. The Hall–Kier alpha value is -1.79. The highest BCUT2D eigenvalue weighted by atomic mass is 35.5. The summed E-state index contributed by atoms with van der Waals surface area (Å²) in [5.74, 6) is -0.723. The fourth-order valence-corrected chi connectivity index (χ4v) is 2.70. The molecule has 0 unspecified atom stereocenters. The number of halogens is 2. The maximum Gasteiger partial charge on any atom is 0.339 e. The van der Waals surface area contributed by atoms with Gasteiger partial charge in [0, 0.05) is 5.02 Å². The molecule has 0 atom stereocenters. The van der Waals surface area contributed by atoms with Gasteiger partial charge in [-0.1, -0.05) is 11.6 Å². The molecule has 2 aromatic rings. The second-order valence-electron chi connectivity index (χ2n) is 4.24. The molecule has 0 N–H and O–H groups in total. The van der Waals surface area contributed by atoms with Crippen molar-refractivity contribution in [3.05, 3.63) is 52.8 Å². The van der Waals surface area contributed by atoms with Gasteiger partial charge in [0.1, 0.15) is 10.6 Å². The maximum absolute atomic E-state index is 13.6. The quantitative estimate of drug-likeness (QED) is 0.804. The van der Waals surface area contributed by atoms with E-state index in [4.69, 9.17) is 20.5 Å². The highest BCUT2D eigenvalue weighted by Gasteiger charge is 2.19. The number of rotatable bonds is 4. The van der Waals surface area contributed by atoms with E-state index in [0.717, 1.165) is 6.07 Å². The van der Waals surface area contributed by atoms with Crippen LogP contribution in [0.4, 0.5) is 4.39 Å². The molecule has 0 fully saturated rings. The topological polar surface area (TPSA) is 52.6 Å². The fraction of sp³-hybridized carbons (Fsp3) is 0.143. The van der Waals surface area contributed by atoms with Gasteiger partial charge in [-0.2, -0.15) is 8.42 Å². The van der Waals surface area contributed by atoms with Gasteiger partial charge < -0.3 is 8.92 Å². The Balaban J connectivity index is 2.33. The molecule has 4 nitrogen and oxygen atoms in total. The van der Waals surface area contributed by atoms with Crippen LogP contribution in [0, 0.1) is 12.7 Å². The molecule has 0 saturated carbocycles. The van der Waals surface area contributed by atoms with Crippen molar-refractivity contribution in [2.45, 2.75) is 11.8 Å². The molecule has 0 aliphatic rings. The van der Waals surface area contributed by atoms with E-state index < -0.39 is 15.9 Å². The van der Waals surface area contributed by atoms with Crippen LogP contribution in [0.5, 0.6) is 11.5 Å². The summed E-state index contributed by atoms with van der Waals surface area (Å²) in [6.45, 7) is 1.72. The van der Waals surface area contributed by atoms with Crippen molar-refractivity contribution < 1.29 is 21.7 Å². The lowest BCUT2D eigenvalue weighted by atomic mass is 10.2. The van der Waals surface area contributed by atoms with Gasteiger partial charge in [-0.3, -0.25) is 0 Å². The summed E-state index contributed by atoms with van der Waals surface area (Å²) in [6.07, 6.45) is 0. The van der Waals surface area contributed by atoms with Crippen molar-refractivity contribution in [3.8, 4) is 11.5 Å². The van der Waals surface area contributed by atoms with E-state index in [1.165, 1.54) is 37.4 Å². The lowest BCUT2D eigenvalue weighted by Crippen LogP contribution is -2.10. The van der Waals surface area contributed by atoms with Gasteiger partial charge in [0.2, 0.25) is 0 Å². The van der Waals surface area contributed by atoms with E-state index in [0.29, 0.717) is 10.6 Å². The summed E-state index contributed by atoms with van der Waals surface area (Å²) in [7, 11) is -2.84. The van der Waals surface area contributed by atoms with Crippen molar-refractivity contribution in [2.75, 3.05) is 7.11 Å². The zero-order valence-corrected chi connectivity index (χ0v) is 12.8. The van der Waals surface area contributed by atoms with E-state index in [1.54, 1.807) is 6.92 Å². The minimum atomic E-state index is -4.13. The Kier molecular flexibility index (Phi) is 4.39. The second-order valence-corrected chi connectivity index (χ2v) is 6.20. The van der Waals surface area contributed by atoms with Crippen LogP contribution >= 0.6 is 11.6 Å². The third kappa shape index (κ3) is 3.46. The molecule has 0 aliphatic carbocycles. The Morgan fingerprint density at radius 1 is 1.14 bits per heavy atom. The van der Waals surface area contributed by atoms with Crippen molar-refractivity contribution in [1.82, 2.24) is 0 Å². The van der Waals surface area contributed by atoms with Gasteiger partial charge >= 0.3 is 10.1 Å². The minimum absolute atomic E-state index is 0.0451. The molecule has 7 heteroatoms. The van der Waals surface area contributed by atoms with E-state index in [-0.39, 0.29) is 16.4 Å². The predicted octanol–water partition coefficient (Wildman–Crippen LogP) is 3.56. The molecule has 2 aromatic carbocycles. The van der Waals surface area contributed by atoms with Crippen LogP contribution in [0.15, 0.2) is 41.3 Å². The van der Waals surface area contributed by atoms with Crippen molar-refractivity contribution in [3.63, 3.8) is 0 Å². The molecule has 21 heavy (non-hydrogen) atoms. The normalized spacial score (nSPS) is 11.2. The highest BCUT2D eigenvalue weighted by molar-refractivity contribution is 7.87. The number of benzene rings is 2. The van der Waals surface area contributed by atoms with Crippen molar-refractivity contribution in [1.29, 1.82) is 0 Å². The SMILES string of the molecule is COc1ccc(S(=O)(=O)Oc2ccc(Cl)c(C)c2)cc1F. The monoisotopic (exact) mass is 330 g/mol. The van der Waals surface area contributed by atoms with Gasteiger partial charge in [0.05, 0.1) is 7.11 Å². The Morgan fingerprint density at radius 2 is 1.86 bits per heavy atom. The average molecular weight is 331 g/mol. The lowest BCUT2D eigenvalue weighted by Gasteiger charge is -2.09. The van der Waals surface area contributed by atoms with Crippen LogP contribution in [0.25, 0.3) is 0 Å². The lowest BCUT2D eigenvalue weighted by molar-refractivity contribution is 0.385. The third-order valence-corrected chi connectivity index (χ3v) is 4.41. The Labute approximate surface area is 127 Å². The molecule has 0 bridgehead atoms. The molecule has 0 aliphatic heterocycles. The summed E-state index contributed by atoms with van der Waals surface area (Å²) >= 11 is 5.85. The second kappa shape index (κ2) is 5.91. The van der Waals surface area contributed by atoms with E-state index in [9.17, 15) is 12.8 Å². The standard InChI is InChI=1S/C14H12ClFO4S/c1-9-7-10(3-5-12(9)15)20-21(17,18)11-4-6-14(19-2)13(16)8-11/h3-8H,1-2H3. The Morgan fingerprint density at radius 3 is 2.43 bits per heavy atom. The summed E-state index contributed by atoms with van der Waals surface area (Å²) in [5.41, 5.74) is 0.672. The molecule has 0 heterocycles. The molecular formula is C14H12ClFO4S. The maximum atomic E-state index is 13.6. The summed E-state index contributed by atoms with van der Waals surface area (Å²) < 4.78 is 47.4. The summed E-state index contributed by atoms with van der Waals surface area (Å²) in [4.78, 5) is -0.298. The number of methoxy groups -OCH3 is 1. The number of aryl methyl sites for hydroxylation is 1. The molecule has 0 radical (unpaired) electrons. The predicted molar refractivity (Wildman–Crippen MR) is 77.0 cm³/mol. The van der Waals surface area contributed by atoms with Gasteiger partial charge in [0.15, 0.2) is 11.6 Å². The van der Waals surface area contributed by atoms with Crippen LogP contribution in [0.2, 0.25) is 5.02 Å². The van der Waals surface area contributed by atoms with E-state index >= 15 is 0 Å². The van der Waals surface area contributed by atoms with Crippen LogP contribution < -0.4 is 8.92 Å². The molecule has 2 rings (SSSR count). The first-order valence-electron chi connectivity index (χ1n) is 5.87. The van der Waals surface area contributed by atoms with Crippen LogP contribution in [0.3, 0.4) is 0 Å². The smallest absolute Gasteiger partial charge is 0.339 e. The van der Waals surface area contributed by atoms with Crippen LogP contribution in [0.1, 0.15) is 5.56 Å². The molecular weight excluding hydrogens is 319 g/mol. The largest absolute Gasteiger partial charge is 0.494 e. The van der Waals surface area contributed by atoms with Gasteiger partial charge in [-0.15, -0.1) is 0 Å². The average Bonchev–Trinajstić information content (AvgIpc) is 2.42. The Bertz CT molecular complexity index is 775. The van der Waals surface area contributed by atoms with E-state index in [2.05, 4.69) is 0 Å². The summed E-state index contributed by atoms with van der Waals surface area (Å²) in [6, 6.07) is 7.71. The molecule has 0 aromatic heterocycles. The zero-order valence-electron chi connectivity index (χ0n) is 11.3. The molecule has 0 saturated heterocycles. The van der Waals surface area contributed by atoms with Crippen LogP contribution in [-0.4, -0.2) is 15.5 Å². The van der Waals surface area contributed by atoms with Gasteiger partial charge in [-0.25, -0.2) is 4.39 Å². The first kappa shape index (κ1) is 15.6. The number of hydrogen-bond acceptors (Lipinski definition) is 4. The highest BCUT2D eigenvalue weighted by Crippen LogP contribution is 2.26. The van der Waals surface area contributed by atoms with Crippen molar-refractivity contribution in [2.24, 2.45) is 0 Å². The first-order valence-corrected chi connectivity index (χ1v) is 7.66. The van der Waals surface area contributed by atoms with Gasteiger partial charge in [-0.05, 0) is 48.9 Å². The fourth-order valence-electron chi connectivity index (χ4n) is 1.65. The van der Waals surface area contributed by atoms with Gasteiger partial charge in [0.25, 0.3) is 0 Å².